The molecule has 0 aliphatic rings. The van der Waals surface area contributed by atoms with E-state index in [0.717, 1.165) is 22.0 Å². The number of thiazole rings is 1. The van der Waals surface area contributed by atoms with Crippen molar-refractivity contribution in [2.24, 2.45) is 0 Å². The largest absolute Gasteiger partial charge is 0.374 e. The molecule has 0 aliphatic heterocycles. The number of carbonyl (C=O) groups is 1. The Morgan fingerprint density at radius 2 is 1.89 bits per heavy atom. The molecular formula is C19H18N4O3S. The Balaban J connectivity index is 1.65. The van der Waals surface area contributed by atoms with Gasteiger partial charge in [-0.2, -0.15) is 0 Å². The van der Waals surface area contributed by atoms with Crippen molar-refractivity contribution in [1.82, 2.24) is 4.98 Å². The van der Waals surface area contributed by atoms with Crippen LogP contribution in [-0.2, 0) is 4.79 Å². The average molecular weight is 382 g/mol. The number of nitrogens with zero attached hydrogens (tertiary/aromatic N) is 2. The molecule has 0 fully saturated rings. The number of anilines is 2. The van der Waals surface area contributed by atoms with Gasteiger partial charge in [-0.05, 0) is 32.0 Å². The molecule has 0 spiro atoms. The van der Waals surface area contributed by atoms with Crippen LogP contribution >= 0.6 is 11.3 Å². The lowest BCUT2D eigenvalue weighted by Gasteiger charge is -2.15. The minimum Gasteiger partial charge on any atom is -0.374 e. The number of carbonyl (C=O) groups excluding carboxylic acids is 1. The molecule has 3 rings (SSSR count). The summed E-state index contributed by atoms with van der Waals surface area (Å²) in [5, 5.41) is 19.8. The number of nitro benzene ring substituents is 1. The summed E-state index contributed by atoms with van der Waals surface area (Å²) >= 11 is 1.59. The van der Waals surface area contributed by atoms with Crippen molar-refractivity contribution in [3.05, 3.63) is 69.0 Å². The van der Waals surface area contributed by atoms with Crippen LogP contribution in [0.1, 0.15) is 11.9 Å². The van der Waals surface area contributed by atoms with Crippen LogP contribution in [0.3, 0.4) is 0 Å². The fraction of sp³-hybridized carbons (Fsp3) is 0.158. The summed E-state index contributed by atoms with van der Waals surface area (Å²) in [5.41, 5.74) is 2.74. The first-order valence-electron chi connectivity index (χ1n) is 8.27. The van der Waals surface area contributed by atoms with Crippen LogP contribution in [0.4, 0.5) is 17.1 Å². The Labute approximate surface area is 160 Å². The molecule has 2 N–H and O–H groups in total. The zero-order chi connectivity index (χ0) is 19.4. The van der Waals surface area contributed by atoms with Crippen LogP contribution in [-0.4, -0.2) is 21.9 Å². The highest BCUT2D eigenvalue weighted by molar-refractivity contribution is 7.09. The predicted octanol–water partition coefficient (Wildman–Crippen LogP) is 4.47. The van der Waals surface area contributed by atoms with Gasteiger partial charge >= 0.3 is 0 Å². The Kier molecular flexibility index (Phi) is 5.46. The summed E-state index contributed by atoms with van der Waals surface area (Å²) in [5.74, 6) is -0.358. The number of hydrogen-bond donors (Lipinski definition) is 2. The van der Waals surface area contributed by atoms with Crippen molar-refractivity contribution < 1.29 is 9.72 Å². The highest BCUT2D eigenvalue weighted by atomic mass is 32.1. The predicted molar refractivity (Wildman–Crippen MR) is 107 cm³/mol. The standard InChI is InChI=1S/C19H18N4O3S/c1-12(19(24)22-16-5-3-4-6-18(16)23(25)26)20-15-9-7-14(8-10-15)17-11-27-13(2)21-17/h3-12,20H,1-2H3,(H,22,24). The van der Waals surface area contributed by atoms with Crippen LogP contribution in [0.25, 0.3) is 11.3 Å². The van der Waals surface area contributed by atoms with Crippen LogP contribution in [0.15, 0.2) is 53.9 Å². The number of nitro groups is 1. The zero-order valence-electron chi connectivity index (χ0n) is 14.8. The highest BCUT2D eigenvalue weighted by Crippen LogP contribution is 2.25. The lowest BCUT2D eigenvalue weighted by molar-refractivity contribution is -0.383. The van der Waals surface area contributed by atoms with Gasteiger partial charge in [-0.1, -0.05) is 24.3 Å². The van der Waals surface area contributed by atoms with E-state index in [0.29, 0.717) is 0 Å². The van der Waals surface area contributed by atoms with Gasteiger partial charge in [0.25, 0.3) is 5.69 Å². The summed E-state index contributed by atoms with van der Waals surface area (Å²) < 4.78 is 0. The number of amides is 1. The van der Waals surface area contributed by atoms with Crippen molar-refractivity contribution in [2.75, 3.05) is 10.6 Å². The average Bonchev–Trinajstić information content (AvgIpc) is 3.09. The molecule has 7 nitrogen and oxygen atoms in total. The normalized spacial score (nSPS) is 11.6. The van der Waals surface area contributed by atoms with E-state index >= 15 is 0 Å². The second-order valence-electron chi connectivity index (χ2n) is 5.96. The molecule has 0 saturated carbocycles. The van der Waals surface area contributed by atoms with Crippen molar-refractivity contribution in [3.8, 4) is 11.3 Å². The first-order chi connectivity index (χ1) is 12.9. The maximum absolute atomic E-state index is 12.4. The number of aromatic nitrogens is 1. The Morgan fingerprint density at radius 1 is 1.19 bits per heavy atom. The molecule has 27 heavy (non-hydrogen) atoms. The molecule has 0 radical (unpaired) electrons. The number of rotatable bonds is 6. The summed E-state index contributed by atoms with van der Waals surface area (Å²) in [6.07, 6.45) is 0. The lowest BCUT2D eigenvalue weighted by atomic mass is 10.1. The summed E-state index contributed by atoms with van der Waals surface area (Å²) in [6, 6.07) is 13.1. The van der Waals surface area contributed by atoms with Crippen molar-refractivity contribution in [1.29, 1.82) is 0 Å². The van der Waals surface area contributed by atoms with Crippen molar-refractivity contribution >= 4 is 34.3 Å². The molecule has 138 valence electrons. The van der Waals surface area contributed by atoms with E-state index in [-0.39, 0.29) is 17.3 Å². The van der Waals surface area contributed by atoms with Crippen LogP contribution < -0.4 is 10.6 Å². The number of aryl methyl sites for hydroxylation is 1. The molecule has 1 amide bonds. The van der Waals surface area contributed by atoms with E-state index < -0.39 is 11.0 Å². The molecule has 2 aromatic carbocycles. The molecule has 3 aromatic rings. The van der Waals surface area contributed by atoms with E-state index in [1.54, 1.807) is 30.4 Å². The zero-order valence-corrected chi connectivity index (χ0v) is 15.6. The third-order valence-electron chi connectivity index (χ3n) is 3.93. The molecule has 0 saturated heterocycles. The van der Waals surface area contributed by atoms with Gasteiger partial charge in [0, 0.05) is 22.7 Å². The Bertz CT molecular complexity index is 969. The fourth-order valence-corrected chi connectivity index (χ4v) is 3.15. The smallest absolute Gasteiger partial charge is 0.292 e. The summed E-state index contributed by atoms with van der Waals surface area (Å²) in [6.45, 7) is 3.66. The first-order valence-corrected chi connectivity index (χ1v) is 9.15. The topological polar surface area (TPSA) is 97.2 Å². The van der Waals surface area contributed by atoms with Gasteiger partial charge < -0.3 is 10.6 Å². The minimum absolute atomic E-state index is 0.138. The minimum atomic E-state index is -0.572. The van der Waals surface area contributed by atoms with Gasteiger partial charge in [0.1, 0.15) is 11.7 Å². The third kappa shape index (κ3) is 4.48. The van der Waals surface area contributed by atoms with Gasteiger partial charge in [-0.3, -0.25) is 14.9 Å². The van der Waals surface area contributed by atoms with Crippen LogP contribution in [0.2, 0.25) is 0 Å². The fourth-order valence-electron chi connectivity index (χ4n) is 2.53. The van der Waals surface area contributed by atoms with E-state index in [1.807, 2.05) is 36.6 Å². The van der Waals surface area contributed by atoms with Gasteiger partial charge in [-0.25, -0.2) is 4.98 Å². The molecule has 1 atom stereocenters. The molecule has 8 heteroatoms. The van der Waals surface area contributed by atoms with E-state index in [4.69, 9.17) is 0 Å². The lowest BCUT2D eigenvalue weighted by Crippen LogP contribution is -2.32. The highest BCUT2D eigenvalue weighted by Gasteiger charge is 2.18. The number of para-hydroxylation sites is 2. The van der Waals surface area contributed by atoms with Crippen LogP contribution in [0.5, 0.6) is 0 Å². The second kappa shape index (κ2) is 7.96. The molecule has 0 aliphatic carbocycles. The van der Waals surface area contributed by atoms with E-state index in [1.165, 1.54) is 12.1 Å². The van der Waals surface area contributed by atoms with Gasteiger partial charge in [0.05, 0.1) is 15.6 Å². The Morgan fingerprint density at radius 3 is 2.52 bits per heavy atom. The maximum atomic E-state index is 12.4. The SMILES string of the molecule is Cc1nc(-c2ccc(NC(C)C(=O)Nc3ccccc3[N+](=O)[O-])cc2)cs1. The molecule has 1 unspecified atom stereocenters. The Hall–Kier alpha value is -3.26. The number of benzene rings is 2. The molecular weight excluding hydrogens is 364 g/mol. The monoisotopic (exact) mass is 382 g/mol. The summed E-state index contributed by atoms with van der Waals surface area (Å²) in [7, 11) is 0. The molecule has 1 aromatic heterocycles. The van der Waals surface area contributed by atoms with E-state index in [2.05, 4.69) is 15.6 Å². The van der Waals surface area contributed by atoms with Crippen LogP contribution in [0, 0.1) is 17.0 Å². The maximum Gasteiger partial charge on any atom is 0.292 e. The molecule has 1 heterocycles. The van der Waals surface area contributed by atoms with Crippen molar-refractivity contribution in [3.63, 3.8) is 0 Å². The first kappa shape index (κ1) is 18.5. The van der Waals surface area contributed by atoms with E-state index in [9.17, 15) is 14.9 Å². The summed E-state index contributed by atoms with van der Waals surface area (Å²) in [4.78, 5) is 27.4. The van der Waals surface area contributed by atoms with Gasteiger partial charge in [0.2, 0.25) is 5.91 Å². The van der Waals surface area contributed by atoms with Crippen molar-refractivity contribution in [2.45, 2.75) is 19.9 Å². The molecule has 0 bridgehead atoms. The van der Waals surface area contributed by atoms with Gasteiger partial charge in [0.15, 0.2) is 0 Å². The quantitative estimate of drug-likeness (QED) is 0.484. The van der Waals surface area contributed by atoms with Gasteiger partial charge in [-0.15, -0.1) is 11.3 Å². The third-order valence-corrected chi connectivity index (χ3v) is 4.71. The number of hydrogen-bond acceptors (Lipinski definition) is 6. The number of nitrogens with one attached hydrogen (secondary N) is 2. The second-order valence-corrected chi connectivity index (χ2v) is 7.02.